The van der Waals surface area contributed by atoms with Crippen LogP contribution in [0.2, 0.25) is 0 Å². The number of hydrogen-bond donors (Lipinski definition) is 1. The lowest BCUT2D eigenvalue weighted by Gasteiger charge is -2.08. The van der Waals surface area contributed by atoms with Gasteiger partial charge in [-0.2, -0.15) is 0 Å². The standard InChI is InChI=1S/C19H20N4O/c1-3-12-20-19(24)16-8-10-17(11-9-16)23-18(13-21-22-23)15-6-4-14(2)5-7-15/h4-11,13H,3,12H2,1-2H3,(H,20,24). The number of hydrogen-bond acceptors (Lipinski definition) is 3. The van der Waals surface area contributed by atoms with Gasteiger partial charge in [-0.3, -0.25) is 4.79 Å². The topological polar surface area (TPSA) is 59.8 Å². The fraction of sp³-hybridized carbons (Fsp3) is 0.211. The summed E-state index contributed by atoms with van der Waals surface area (Å²) in [4.78, 5) is 12.0. The van der Waals surface area contributed by atoms with Gasteiger partial charge < -0.3 is 5.32 Å². The van der Waals surface area contributed by atoms with Crippen LogP contribution in [-0.4, -0.2) is 27.4 Å². The molecule has 0 aliphatic rings. The number of rotatable bonds is 5. The average molecular weight is 320 g/mol. The molecular weight excluding hydrogens is 300 g/mol. The number of nitrogens with zero attached hydrogens (tertiary/aromatic N) is 3. The first-order valence-corrected chi connectivity index (χ1v) is 8.05. The predicted octanol–water partition coefficient (Wildman–Crippen LogP) is 3.38. The second kappa shape index (κ2) is 7.08. The number of carbonyl (C=O) groups is 1. The number of amides is 1. The van der Waals surface area contributed by atoms with Crippen molar-refractivity contribution in [2.24, 2.45) is 0 Å². The summed E-state index contributed by atoms with van der Waals surface area (Å²) in [5, 5.41) is 11.1. The molecule has 1 aromatic heterocycles. The molecule has 0 radical (unpaired) electrons. The minimum atomic E-state index is -0.0549. The molecule has 5 heteroatoms. The van der Waals surface area contributed by atoms with E-state index in [1.54, 1.807) is 23.0 Å². The van der Waals surface area contributed by atoms with Crippen LogP contribution in [-0.2, 0) is 0 Å². The first kappa shape index (κ1) is 15.9. The van der Waals surface area contributed by atoms with Gasteiger partial charge in [0.25, 0.3) is 5.91 Å². The summed E-state index contributed by atoms with van der Waals surface area (Å²) < 4.78 is 1.78. The summed E-state index contributed by atoms with van der Waals surface area (Å²) in [5.41, 5.74) is 4.69. The summed E-state index contributed by atoms with van der Waals surface area (Å²) in [6.45, 7) is 4.77. The van der Waals surface area contributed by atoms with E-state index in [1.165, 1.54) is 5.56 Å². The van der Waals surface area contributed by atoms with E-state index in [1.807, 2.05) is 19.1 Å². The number of aryl methyl sites for hydroxylation is 1. The molecule has 1 N–H and O–H groups in total. The molecule has 2 aromatic carbocycles. The molecule has 1 amide bonds. The Hall–Kier alpha value is -2.95. The van der Waals surface area contributed by atoms with Crippen molar-refractivity contribution in [3.8, 4) is 16.9 Å². The second-order valence-corrected chi connectivity index (χ2v) is 5.70. The third-order valence-electron chi connectivity index (χ3n) is 3.81. The van der Waals surface area contributed by atoms with E-state index in [0.29, 0.717) is 12.1 Å². The highest BCUT2D eigenvalue weighted by molar-refractivity contribution is 5.94. The lowest BCUT2D eigenvalue weighted by Crippen LogP contribution is -2.23. The van der Waals surface area contributed by atoms with Gasteiger partial charge in [-0.15, -0.1) is 5.10 Å². The molecule has 0 saturated heterocycles. The van der Waals surface area contributed by atoms with E-state index in [-0.39, 0.29) is 5.91 Å². The molecule has 0 atom stereocenters. The van der Waals surface area contributed by atoms with Crippen LogP contribution in [0.1, 0.15) is 29.3 Å². The Morgan fingerprint density at radius 3 is 2.46 bits per heavy atom. The predicted molar refractivity (Wildman–Crippen MR) is 94.2 cm³/mol. The van der Waals surface area contributed by atoms with E-state index in [4.69, 9.17) is 0 Å². The Morgan fingerprint density at radius 1 is 1.08 bits per heavy atom. The zero-order valence-electron chi connectivity index (χ0n) is 13.9. The van der Waals surface area contributed by atoms with Crippen LogP contribution in [0, 0.1) is 6.92 Å². The molecule has 3 rings (SSSR count). The first-order chi connectivity index (χ1) is 11.7. The van der Waals surface area contributed by atoms with Crippen LogP contribution in [0.5, 0.6) is 0 Å². The van der Waals surface area contributed by atoms with Crippen LogP contribution in [0.4, 0.5) is 0 Å². The summed E-state index contributed by atoms with van der Waals surface area (Å²) in [6.07, 6.45) is 2.66. The Bertz CT molecular complexity index is 819. The molecule has 0 aliphatic carbocycles. The summed E-state index contributed by atoms with van der Waals surface area (Å²) in [7, 11) is 0. The lowest BCUT2D eigenvalue weighted by molar-refractivity contribution is 0.0953. The van der Waals surface area contributed by atoms with E-state index in [2.05, 4.69) is 46.8 Å². The third-order valence-corrected chi connectivity index (χ3v) is 3.81. The highest BCUT2D eigenvalue weighted by atomic mass is 16.1. The molecule has 3 aromatic rings. The molecule has 0 unspecified atom stereocenters. The maximum Gasteiger partial charge on any atom is 0.251 e. The molecule has 5 nitrogen and oxygen atoms in total. The van der Waals surface area contributed by atoms with Crippen LogP contribution in [0.25, 0.3) is 16.9 Å². The molecule has 0 saturated carbocycles. The fourth-order valence-electron chi connectivity index (χ4n) is 2.44. The van der Waals surface area contributed by atoms with Crippen LogP contribution >= 0.6 is 0 Å². The van der Waals surface area contributed by atoms with E-state index in [0.717, 1.165) is 23.4 Å². The van der Waals surface area contributed by atoms with Gasteiger partial charge in [-0.25, -0.2) is 4.68 Å². The monoisotopic (exact) mass is 320 g/mol. The highest BCUT2D eigenvalue weighted by Gasteiger charge is 2.10. The molecule has 24 heavy (non-hydrogen) atoms. The van der Waals surface area contributed by atoms with E-state index >= 15 is 0 Å². The maximum atomic E-state index is 12.0. The normalized spacial score (nSPS) is 10.6. The van der Waals surface area contributed by atoms with E-state index < -0.39 is 0 Å². The van der Waals surface area contributed by atoms with Crippen LogP contribution < -0.4 is 5.32 Å². The Labute approximate surface area is 141 Å². The van der Waals surface area contributed by atoms with Crippen molar-refractivity contribution in [2.75, 3.05) is 6.54 Å². The van der Waals surface area contributed by atoms with E-state index in [9.17, 15) is 4.79 Å². The quantitative estimate of drug-likeness (QED) is 0.784. The van der Waals surface area contributed by atoms with Gasteiger partial charge >= 0.3 is 0 Å². The molecular formula is C19H20N4O. The Morgan fingerprint density at radius 2 is 1.79 bits per heavy atom. The van der Waals surface area contributed by atoms with Gasteiger partial charge in [0.1, 0.15) is 0 Å². The molecule has 122 valence electrons. The van der Waals surface area contributed by atoms with Crippen molar-refractivity contribution < 1.29 is 4.79 Å². The van der Waals surface area contributed by atoms with Gasteiger partial charge in [-0.1, -0.05) is 42.0 Å². The Balaban J connectivity index is 1.87. The van der Waals surface area contributed by atoms with Gasteiger partial charge in [0.2, 0.25) is 0 Å². The summed E-state index contributed by atoms with van der Waals surface area (Å²) >= 11 is 0. The van der Waals surface area contributed by atoms with Crippen molar-refractivity contribution in [1.82, 2.24) is 20.3 Å². The van der Waals surface area contributed by atoms with Gasteiger partial charge in [0.05, 0.1) is 17.6 Å². The number of benzene rings is 2. The fourth-order valence-corrected chi connectivity index (χ4v) is 2.44. The van der Waals surface area contributed by atoms with Gasteiger partial charge in [0, 0.05) is 17.7 Å². The SMILES string of the molecule is CCCNC(=O)c1ccc(-n2nncc2-c2ccc(C)cc2)cc1. The Kier molecular flexibility index (Phi) is 4.70. The number of carbonyl (C=O) groups excluding carboxylic acids is 1. The number of aromatic nitrogens is 3. The average Bonchev–Trinajstić information content (AvgIpc) is 3.10. The van der Waals surface area contributed by atoms with Gasteiger partial charge in [-0.05, 0) is 37.6 Å². The molecule has 0 aliphatic heterocycles. The van der Waals surface area contributed by atoms with Crippen molar-refractivity contribution in [3.05, 3.63) is 65.9 Å². The largest absolute Gasteiger partial charge is 0.352 e. The smallest absolute Gasteiger partial charge is 0.251 e. The van der Waals surface area contributed by atoms with Crippen molar-refractivity contribution in [2.45, 2.75) is 20.3 Å². The van der Waals surface area contributed by atoms with Crippen molar-refractivity contribution in [3.63, 3.8) is 0 Å². The van der Waals surface area contributed by atoms with Crippen LogP contribution in [0.15, 0.2) is 54.7 Å². The first-order valence-electron chi connectivity index (χ1n) is 8.05. The van der Waals surface area contributed by atoms with Gasteiger partial charge in [0.15, 0.2) is 0 Å². The number of nitrogens with one attached hydrogen (secondary N) is 1. The molecule has 0 spiro atoms. The maximum absolute atomic E-state index is 12.0. The summed E-state index contributed by atoms with van der Waals surface area (Å²) in [6, 6.07) is 15.6. The molecule has 1 heterocycles. The second-order valence-electron chi connectivity index (χ2n) is 5.70. The third kappa shape index (κ3) is 3.35. The minimum Gasteiger partial charge on any atom is -0.352 e. The molecule has 0 bridgehead atoms. The summed E-state index contributed by atoms with van der Waals surface area (Å²) in [5.74, 6) is -0.0549. The zero-order chi connectivity index (χ0) is 16.9. The van der Waals surface area contributed by atoms with Crippen molar-refractivity contribution in [1.29, 1.82) is 0 Å². The zero-order valence-corrected chi connectivity index (χ0v) is 13.9. The lowest BCUT2D eigenvalue weighted by atomic mass is 10.1. The van der Waals surface area contributed by atoms with Crippen molar-refractivity contribution >= 4 is 5.91 Å². The molecule has 0 fully saturated rings. The van der Waals surface area contributed by atoms with Crippen LogP contribution in [0.3, 0.4) is 0 Å². The minimum absolute atomic E-state index is 0.0549. The highest BCUT2D eigenvalue weighted by Crippen LogP contribution is 2.22.